The van der Waals surface area contributed by atoms with Crippen LogP contribution in [-0.2, 0) is 9.59 Å². The normalized spacial score (nSPS) is 18.1. The van der Waals surface area contributed by atoms with E-state index in [1.807, 2.05) is 6.07 Å². The zero-order valence-electron chi connectivity index (χ0n) is 11.1. The molecule has 1 atom stereocenters. The smallest absolute Gasteiger partial charge is 0.256 e. The van der Waals surface area contributed by atoms with Crippen LogP contribution in [0.1, 0.15) is 6.42 Å². The third-order valence-electron chi connectivity index (χ3n) is 3.35. The Bertz CT molecular complexity index is 670. The first-order chi connectivity index (χ1) is 10.1. The fraction of sp³-hybridized carbons (Fsp3) is 0.125. The minimum Gasteiger partial charge on any atom is -0.373 e. The molecule has 4 nitrogen and oxygen atoms in total. The highest BCUT2D eigenvalue weighted by atomic mass is 35.5. The van der Waals surface area contributed by atoms with Crippen molar-refractivity contribution in [2.24, 2.45) is 0 Å². The largest absolute Gasteiger partial charge is 0.373 e. The monoisotopic (exact) mass is 300 g/mol. The fourth-order valence-electron chi connectivity index (χ4n) is 2.34. The number of hydrogen-bond donors (Lipinski definition) is 1. The number of para-hydroxylation sites is 1. The highest BCUT2D eigenvalue weighted by Gasteiger charge is 2.39. The second-order valence-electron chi connectivity index (χ2n) is 4.81. The van der Waals surface area contributed by atoms with Crippen molar-refractivity contribution in [3.8, 4) is 0 Å². The summed E-state index contributed by atoms with van der Waals surface area (Å²) in [5.74, 6) is -0.432. The van der Waals surface area contributed by atoms with Crippen LogP contribution in [-0.4, -0.2) is 17.9 Å². The summed E-state index contributed by atoms with van der Waals surface area (Å²) in [7, 11) is 0. The van der Waals surface area contributed by atoms with E-state index in [4.69, 9.17) is 11.6 Å². The average Bonchev–Trinajstić information content (AvgIpc) is 2.77. The third kappa shape index (κ3) is 2.76. The molecule has 0 radical (unpaired) electrons. The molecule has 21 heavy (non-hydrogen) atoms. The van der Waals surface area contributed by atoms with Crippen molar-refractivity contribution >= 4 is 34.8 Å². The highest BCUT2D eigenvalue weighted by Crippen LogP contribution is 2.25. The fourth-order valence-corrected chi connectivity index (χ4v) is 2.47. The van der Waals surface area contributed by atoms with Gasteiger partial charge in [0.1, 0.15) is 6.04 Å². The predicted octanol–water partition coefficient (Wildman–Crippen LogP) is 3.08. The second kappa shape index (κ2) is 5.58. The first-order valence-corrected chi connectivity index (χ1v) is 6.97. The molecule has 0 aliphatic carbocycles. The summed E-state index contributed by atoms with van der Waals surface area (Å²) >= 11 is 5.83. The SMILES string of the molecule is O=C1CC(Nc2ccc(Cl)cc2)C(=O)N1c1ccccc1. The van der Waals surface area contributed by atoms with Gasteiger partial charge in [-0.05, 0) is 36.4 Å². The van der Waals surface area contributed by atoms with Gasteiger partial charge in [0, 0.05) is 10.7 Å². The van der Waals surface area contributed by atoms with Gasteiger partial charge in [-0.2, -0.15) is 0 Å². The molecule has 1 aliphatic rings. The molecule has 1 aliphatic heterocycles. The van der Waals surface area contributed by atoms with Gasteiger partial charge in [0.15, 0.2) is 0 Å². The Hall–Kier alpha value is -2.33. The van der Waals surface area contributed by atoms with Gasteiger partial charge < -0.3 is 5.32 Å². The Kier molecular flexibility index (Phi) is 3.62. The summed E-state index contributed by atoms with van der Waals surface area (Å²) in [5, 5.41) is 3.70. The number of rotatable bonds is 3. The van der Waals surface area contributed by atoms with Crippen LogP contribution in [0.4, 0.5) is 11.4 Å². The maximum atomic E-state index is 12.4. The van der Waals surface area contributed by atoms with Crippen LogP contribution >= 0.6 is 11.6 Å². The lowest BCUT2D eigenvalue weighted by Crippen LogP contribution is -2.34. The minimum atomic E-state index is -0.543. The summed E-state index contributed by atoms with van der Waals surface area (Å²) in [4.78, 5) is 25.7. The van der Waals surface area contributed by atoms with Crippen LogP contribution in [0.5, 0.6) is 0 Å². The van der Waals surface area contributed by atoms with E-state index in [9.17, 15) is 9.59 Å². The number of carbonyl (C=O) groups is 2. The van der Waals surface area contributed by atoms with Gasteiger partial charge in [-0.15, -0.1) is 0 Å². The lowest BCUT2D eigenvalue weighted by Gasteiger charge is -2.16. The number of halogens is 1. The van der Waals surface area contributed by atoms with Crippen molar-refractivity contribution in [2.45, 2.75) is 12.5 Å². The number of benzene rings is 2. The minimum absolute atomic E-state index is 0.149. The van der Waals surface area contributed by atoms with Crippen LogP contribution in [0.15, 0.2) is 54.6 Å². The van der Waals surface area contributed by atoms with E-state index in [1.54, 1.807) is 48.5 Å². The zero-order valence-corrected chi connectivity index (χ0v) is 11.9. The molecule has 1 N–H and O–H groups in total. The Morgan fingerprint density at radius 3 is 2.33 bits per heavy atom. The van der Waals surface area contributed by atoms with Crippen LogP contribution in [0, 0.1) is 0 Å². The van der Waals surface area contributed by atoms with Crippen LogP contribution in [0.25, 0.3) is 0 Å². The first-order valence-electron chi connectivity index (χ1n) is 6.59. The van der Waals surface area contributed by atoms with E-state index in [0.717, 1.165) is 5.69 Å². The van der Waals surface area contributed by atoms with Crippen molar-refractivity contribution in [3.63, 3.8) is 0 Å². The Labute approximate surface area is 127 Å². The van der Waals surface area contributed by atoms with Gasteiger partial charge in [-0.3, -0.25) is 9.59 Å². The molecular formula is C16H13ClN2O2. The molecule has 0 bridgehead atoms. The molecule has 1 fully saturated rings. The average molecular weight is 301 g/mol. The van der Waals surface area contributed by atoms with Crippen LogP contribution in [0.2, 0.25) is 5.02 Å². The zero-order chi connectivity index (χ0) is 14.8. The molecule has 0 spiro atoms. The van der Waals surface area contributed by atoms with Gasteiger partial charge in [-0.1, -0.05) is 29.8 Å². The Morgan fingerprint density at radius 1 is 1.00 bits per heavy atom. The van der Waals surface area contributed by atoms with Crippen molar-refractivity contribution in [1.82, 2.24) is 0 Å². The molecule has 3 rings (SSSR count). The van der Waals surface area contributed by atoms with Crippen molar-refractivity contribution < 1.29 is 9.59 Å². The number of imide groups is 1. The summed E-state index contributed by atoms with van der Waals surface area (Å²) in [6, 6.07) is 15.4. The molecule has 1 saturated heterocycles. The molecule has 0 aromatic heterocycles. The third-order valence-corrected chi connectivity index (χ3v) is 3.60. The van der Waals surface area contributed by atoms with Gasteiger partial charge in [0.25, 0.3) is 5.91 Å². The molecule has 1 heterocycles. The van der Waals surface area contributed by atoms with E-state index >= 15 is 0 Å². The van der Waals surface area contributed by atoms with Gasteiger partial charge in [0.05, 0.1) is 12.1 Å². The molecule has 5 heteroatoms. The topological polar surface area (TPSA) is 49.4 Å². The van der Waals surface area contributed by atoms with Gasteiger partial charge in [0.2, 0.25) is 5.91 Å². The molecule has 2 aromatic carbocycles. The van der Waals surface area contributed by atoms with Crippen molar-refractivity contribution in [3.05, 3.63) is 59.6 Å². The highest BCUT2D eigenvalue weighted by molar-refractivity contribution is 6.30. The number of carbonyl (C=O) groups excluding carboxylic acids is 2. The van der Waals surface area contributed by atoms with E-state index < -0.39 is 6.04 Å². The summed E-state index contributed by atoms with van der Waals surface area (Å²) in [6.45, 7) is 0. The van der Waals surface area contributed by atoms with E-state index in [-0.39, 0.29) is 18.2 Å². The quantitative estimate of drug-likeness (QED) is 0.886. The van der Waals surface area contributed by atoms with Crippen LogP contribution in [0.3, 0.4) is 0 Å². The summed E-state index contributed by atoms with van der Waals surface area (Å²) < 4.78 is 0. The number of anilines is 2. The lowest BCUT2D eigenvalue weighted by atomic mass is 10.2. The first kappa shape index (κ1) is 13.6. The number of amides is 2. The van der Waals surface area contributed by atoms with Crippen molar-refractivity contribution in [2.75, 3.05) is 10.2 Å². The van der Waals surface area contributed by atoms with Crippen LogP contribution < -0.4 is 10.2 Å². The Balaban J connectivity index is 1.79. The standard InChI is InChI=1S/C16H13ClN2O2/c17-11-6-8-12(9-7-11)18-14-10-15(20)19(16(14)21)13-4-2-1-3-5-13/h1-9,14,18H,10H2. The molecule has 1 unspecified atom stereocenters. The number of hydrogen-bond acceptors (Lipinski definition) is 3. The lowest BCUT2D eigenvalue weighted by molar-refractivity contribution is -0.121. The molecule has 2 aromatic rings. The van der Waals surface area contributed by atoms with Crippen molar-refractivity contribution in [1.29, 1.82) is 0 Å². The molecule has 0 saturated carbocycles. The maximum Gasteiger partial charge on any atom is 0.256 e. The van der Waals surface area contributed by atoms with E-state index in [0.29, 0.717) is 10.7 Å². The summed E-state index contributed by atoms with van der Waals surface area (Å²) in [5.41, 5.74) is 1.37. The summed E-state index contributed by atoms with van der Waals surface area (Å²) in [6.07, 6.45) is 0.149. The van der Waals surface area contributed by atoms with E-state index in [2.05, 4.69) is 5.32 Å². The van der Waals surface area contributed by atoms with Gasteiger partial charge >= 0.3 is 0 Å². The number of nitrogens with one attached hydrogen (secondary N) is 1. The molecule has 2 amide bonds. The molecular weight excluding hydrogens is 288 g/mol. The predicted molar refractivity (Wildman–Crippen MR) is 82.4 cm³/mol. The Morgan fingerprint density at radius 2 is 1.67 bits per heavy atom. The second-order valence-corrected chi connectivity index (χ2v) is 5.25. The number of nitrogens with zero attached hydrogens (tertiary/aromatic N) is 1. The van der Waals surface area contributed by atoms with Gasteiger partial charge in [-0.25, -0.2) is 4.90 Å². The van der Waals surface area contributed by atoms with E-state index in [1.165, 1.54) is 4.90 Å². The maximum absolute atomic E-state index is 12.4. The molecule has 106 valence electrons.